The molecule has 1 atom stereocenters. The van der Waals surface area contributed by atoms with Crippen LogP contribution in [0.1, 0.15) is 31.7 Å². The van der Waals surface area contributed by atoms with Crippen LogP contribution in [0.15, 0.2) is 24.3 Å². The van der Waals surface area contributed by atoms with Crippen molar-refractivity contribution in [1.29, 1.82) is 0 Å². The predicted octanol–water partition coefficient (Wildman–Crippen LogP) is 3.39. The highest BCUT2D eigenvalue weighted by atomic mass is 35.5. The van der Waals surface area contributed by atoms with Crippen LogP contribution in [0.25, 0.3) is 0 Å². The first-order valence-electron chi connectivity index (χ1n) is 6.65. The summed E-state index contributed by atoms with van der Waals surface area (Å²) in [6, 6.07) is 8.82. The van der Waals surface area contributed by atoms with Gasteiger partial charge in [-0.3, -0.25) is 0 Å². The minimum absolute atomic E-state index is 0.353. The van der Waals surface area contributed by atoms with E-state index < -0.39 is 0 Å². The van der Waals surface area contributed by atoms with Gasteiger partial charge in [0, 0.05) is 36.7 Å². The Morgan fingerprint density at radius 1 is 1.33 bits per heavy atom. The van der Waals surface area contributed by atoms with Crippen LogP contribution in [-0.2, 0) is 10.2 Å². The van der Waals surface area contributed by atoms with E-state index in [1.807, 2.05) is 12.1 Å². The molecule has 18 heavy (non-hydrogen) atoms. The lowest BCUT2D eigenvalue weighted by atomic mass is 9.95. The van der Waals surface area contributed by atoms with Crippen molar-refractivity contribution < 1.29 is 4.74 Å². The van der Waals surface area contributed by atoms with Crippen molar-refractivity contribution in [2.24, 2.45) is 0 Å². The number of methoxy groups -OCH3 is 1. The lowest BCUT2D eigenvalue weighted by Gasteiger charge is -2.20. The monoisotopic (exact) mass is 267 g/mol. The Morgan fingerprint density at radius 3 is 2.56 bits per heavy atom. The molecule has 2 nitrogen and oxygen atoms in total. The first kappa shape index (κ1) is 13.9. The number of rotatable bonds is 7. The molecule has 1 aliphatic rings. The van der Waals surface area contributed by atoms with Crippen LogP contribution in [0.5, 0.6) is 0 Å². The zero-order valence-corrected chi connectivity index (χ0v) is 12.0. The van der Waals surface area contributed by atoms with Crippen LogP contribution >= 0.6 is 11.6 Å². The van der Waals surface area contributed by atoms with Crippen molar-refractivity contribution in [1.82, 2.24) is 5.32 Å². The first-order valence-corrected chi connectivity index (χ1v) is 7.02. The fourth-order valence-electron chi connectivity index (χ4n) is 2.29. The minimum Gasteiger partial charge on any atom is -0.385 e. The molecule has 0 amide bonds. The van der Waals surface area contributed by atoms with Gasteiger partial charge in [0.05, 0.1) is 0 Å². The Labute approximate surface area is 115 Å². The van der Waals surface area contributed by atoms with Gasteiger partial charge in [-0.2, -0.15) is 0 Å². The van der Waals surface area contributed by atoms with Gasteiger partial charge in [0.25, 0.3) is 0 Å². The van der Waals surface area contributed by atoms with E-state index in [0.717, 1.165) is 24.6 Å². The number of halogens is 1. The average Bonchev–Trinajstić information content (AvgIpc) is 3.16. The maximum Gasteiger partial charge on any atom is 0.0476 e. The number of hydrogen-bond acceptors (Lipinski definition) is 2. The van der Waals surface area contributed by atoms with Gasteiger partial charge >= 0.3 is 0 Å². The molecule has 0 radical (unpaired) electrons. The molecule has 1 saturated carbocycles. The Bertz CT molecular complexity index is 373. The van der Waals surface area contributed by atoms with Crippen LogP contribution in [0, 0.1) is 0 Å². The van der Waals surface area contributed by atoms with Crippen LogP contribution < -0.4 is 5.32 Å². The molecule has 2 rings (SSSR count). The highest BCUT2D eigenvalue weighted by Gasteiger charge is 2.43. The first-order chi connectivity index (χ1) is 8.66. The zero-order valence-electron chi connectivity index (χ0n) is 11.2. The van der Waals surface area contributed by atoms with E-state index in [0.29, 0.717) is 11.5 Å². The molecular weight excluding hydrogens is 246 g/mol. The van der Waals surface area contributed by atoms with Crippen LogP contribution in [0.2, 0.25) is 5.02 Å². The number of hydrogen-bond donors (Lipinski definition) is 1. The van der Waals surface area contributed by atoms with Gasteiger partial charge < -0.3 is 10.1 Å². The van der Waals surface area contributed by atoms with Gasteiger partial charge in [-0.15, -0.1) is 0 Å². The largest absolute Gasteiger partial charge is 0.385 e. The molecule has 100 valence electrons. The van der Waals surface area contributed by atoms with Gasteiger partial charge in [-0.1, -0.05) is 23.7 Å². The third-order valence-electron chi connectivity index (χ3n) is 3.85. The van der Waals surface area contributed by atoms with E-state index in [9.17, 15) is 0 Å². The average molecular weight is 268 g/mol. The quantitative estimate of drug-likeness (QED) is 0.818. The van der Waals surface area contributed by atoms with Crippen molar-refractivity contribution in [3.63, 3.8) is 0 Å². The third kappa shape index (κ3) is 3.47. The lowest BCUT2D eigenvalue weighted by Crippen LogP contribution is -2.34. The molecule has 1 aromatic rings. The van der Waals surface area contributed by atoms with Crippen LogP contribution in [-0.4, -0.2) is 26.3 Å². The Morgan fingerprint density at radius 2 is 2.00 bits per heavy atom. The Balaban J connectivity index is 1.86. The highest BCUT2D eigenvalue weighted by molar-refractivity contribution is 6.30. The molecule has 0 heterocycles. The highest BCUT2D eigenvalue weighted by Crippen LogP contribution is 2.47. The van der Waals surface area contributed by atoms with Crippen molar-refractivity contribution in [3.8, 4) is 0 Å². The third-order valence-corrected chi connectivity index (χ3v) is 4.11. The summed E-state index contributed by atoms with van der Waals surface area (Å²) in [7, 11) is 1.75. The zero-order chi connectivity index (χ0) is 13.0. The van der Waals surface area contributed by atoms with Gasteiger partial charge in [-0.25, -0.2) is 0 Å². The molecule has 1 aromatic carbocycles. The second-order valence-corrected chi connectivity index (χ2v) is 5.79. The summed E-state index contributed by atoms with van der Waals surface area (Å²) >= 11 is 5.94. The van der Waals surface area contributed by atoms with Crippen LogP contribution in [0.3, 0.4) is 0 Å². The van der Waals surface area contributed by atoms with E-state index in [-0.39, 0.29) is 0 Å². The number of benzene rings is 1. The van der Waals surface area contributed by atoms with Crippen molar-refractivity contribution in [2.45, 2.75) is 37.6 Å². The summed E-state index contributed by atoms with van der Waals surface area (Å²) < 4.78 is 5.10. The maximum atomic E-state index is 5.94. The van der Waals surface area contributed by atoms with Gasteiger partial charge in [-0.05, 0) is 43.9 Å². The van der Waals surface area contributed by atoms with Gasteiger partial charge in [0.1, 0.15) is 0 Å². The Hall–Kier alpha value is -0.570. The van der Waals surface area contributed by atoms with Gasteiger partial charge in [0.15, 0.2) is 0 Å². The molecule has 1 N–H and O–H groups in total. The standard InChI is InChI=1S/C15H22ClNO/c1-12(7-10-18-2)17-11-15(8-9-15)13-3-5-14(16)6-4-13/h3-6,12,17H,7-11H2,1-2H3. The molecule has 1 aliphatic carbocycles. The molecule has 0 aromatic heterocycles. The normalized spacial score (nSPS) is 18.6. The molecule has 0 bridgehead atoms. The fourth-order valence-corrected chi connectivity index (χ4v) is 2.41. The molecule has 0 saturated heterocycles. The molecule has 0 aliphatic heterocycles. The summed E-state index contributed by atoms with van der Waals surface area (Å²) in [6.45, 7) is 4.10. The summed E-state index contributed by atoms with van der Waals surface area (Å²) in [5.41, 5.74) is 1.77. The van der Waals surface area contributed by atoms with Gasteiger partial charge in [0.2, 0.25) is 0 Å². The minimum atomic E-state index is 0.353. The fraction of sp³-hybridized carbons (Fsp3) is 0.600. The Kier molecular flexibility index (Phi) is 4.66. The van der Waals surface area contributed by atoms with E-state index >= 15 is 0 Å². The lowest BCUT2D eigenvalue weighted by molar-refractivity contribution is 0.184. The topological polar surface area (TPSA) is 21.3 Å². The number of ether oxygens (including phenoxy) is 1. The second kappa shape index (κ2) is 6.05. The summed E-state index contributed by atoms with van der Waals surface area (Å²) in [5, 5.41) is 4.44. The van der Waals surface area contributed by atoms with E-state index in [1.54, 1.807) is 7.11 Å². The van der Waals surface area contributed by atoms with Crippen LogP contribution in [0.4, 0.5) is 0 Å². The second-order valence-electron chi connectivity index (χ2n) is 5.35. The van der Waals surface area contributed by atoms with E-state index in [4.69, 9.17) is 16.3 Å². The van der Waals surface area contributed by atoms with Crippen molar-refractivity contribution in [2.75, 3.05) is 20.3 Å². The predicted molar refractivity (Wildman–Crippen MR) is 76.3 cm³/mol. The molecular formula is C15H22ClNO. The summed E-state index contributed by atoms with van der Waals surface area (Å²) in [4.78, 5) is 0. The molecule has 0 spiro atoms. The summed E-state index contributed by atoms with van der Waals surface area (Å²) in [6.07, 6.45) is 3.62. The van der Waals surface area contributed by atoms with Crippen molar-refractivity contribution >= 4 is 11.6 Å². The maximum absolute atomic E-state index is 5.94. The van der Waals surface area contributed by atoms with E-state index in [2.05, 4.69) is 24.4 Å². The molecule has 3 heteroatoms. The summed E-state index contributed by atoms with van der Waals surface area (Å²) in [5.74, 6) is 0. The smallest absolute Gasteiger partial charge is 0.0476 e. The molecule has 1 unspecified atom stereocenters. The van der Waals surface area contributed by atoms with E-state index in [1.165, 1.54) is 18.4 Å². The number of nitrogens with one attached hydrogen (secondary N) is 1. The SMILES string of the molecule is COCCC(C)NCC1(c2ccc(Cl)cc2)CC1. The van der Waals surface area contributed by atoms with Crippen molar-refractivity contribution in [3.05, 3.63) is 34.9 Å². The molecule has 1 fully saturated rings.